The Balaban J connectivity index is 2.11. The lowest BCUT2D eigenvalue weighted by molar-refractivity contribution is -0.145. The number of ether oxygens (including phenoxy) is 2. The van der Waals surface area contributed by atoms with Crippen LogP contribution in [0, 0.1) is 0 Å². The van der Waals surface area contributed by atoms with Crippen LogP contribution in [0.5, 0.6) is 11.5 Å². The molecule has 1 fully saturated rings. The molecule has 19 heavy (non-hydrogen) atoms. The van der Waals surface area contributed by atoms with E-state index in [1.807, 2.05) is 5.32 Å². The van der Waals surface area contributed by atoms with Crippen molar-refractivity contribution < 1.29 is 24.2 Å². The number of imide groups is 1. The van der Waals surface area contributed by atoms with Crippen molar-refractivity contribution in [2.75, 3.05) is 7.11 Å². The molecule has 0 aliphatic carbocycles. The smallest absolute Gasteiger partial charge is 0.327 e. The van der Waals surface area contributed by atoms with Crippen LogP contribution in [0.25, 0.3) is 6.08 Å². The first-order valence-corrected chi connectivity index (χ1v) is 5.47. The zero-order valence-electron chi connectivity index (χ0n) is 9.89. The van der Waals surface area contributed by atoms with Crippen molar-refractivity contribution in [3.05, 3.63) is 29.3 Å². The number of benzene rings is 1. The number of carbonyl (C=O) groups excluding carboxylic acids is 2. The SMILES string of the molecule is COc1ccc2c(c1)O[C@@]1(O)NC(=O)NC(=O)C1=C2. The number of carbonyl (C=O) groups is 2. The molecule has 7 nitrogen and oxygen atoms in total. The summed E-state index contributed by atoms with van der Waals surface area (Å²) in [6, 6.07) is 4.11. The van der Waals surface area contributed by atoms with Crippen LogP contribution >= 0.6 is 0 Å². The highest BCUT2D eigenvalue weighted by Crippen LogP contribution is 2.36. The second kappa shape index (κ2) is 3.72. The van der Waals surface area contributed by atoms with Gasteiger partial charge in [0.15, 0.2) is 0 Å². The van der Waals surface area contributed by atoms with Gasteiger partial charge in [0.1, 0.15) is 17.1 Å². The van der Waals surface area contributed by atoms with E-state index in [9.17, 15) is 14.7 Å². The third-order valence-corrected chi connectivity index (χ3v) is 2.90. The van der Waals surface area contributed by atoms with Crippen LogP contribution in [0.3, 0.4) is 0 Å². The molecule has 0 spiro atoms. The van der Waals surface area contributed by atoms with Crippen molar-refractivity contribution in [1.82, 2.24) is 10.6 Å². The number of nitrogens with one attached hydrogen (secondary N) is 2. The fourth-order valence-electron chi connectivity index (χ4n) is 1.98. The first-order chi connectivity index (χ1) is 9.01. The van der Waals surface area contributed by atoms with E-state index in [2.05, 4.69) is 5.32 Å². The molecule has 98 valence electrons. The van der Waals surface area contributed by atoms with E-state index < -0.39 is 17.8 Å². The highest BCUT2D eigenvalue weighted by Gasteiger charge is 2.47. The summed E-state index contributed by atoms with van der Waals surface area (Å²) in [5, 5.41) is 14.4. The van der Waals surface area contributed by atoms with Crippen molar-refractivity contribution in [3.8, 4) is 11.5 Å². The molecule has 2 heterocycles. The van der Waals surface area contributed by atoms with Crippen molar-refractivity contribution in [2.45, 2.75) is 5.91 Å². The van der Waals surface area contributed by atoms with Gasteiger partial charge in [-0.25, -0.2) is 4.79 Å². The van der Waals surface area contributed by atoms with Gasteiger partial charge in [-0.1, -0.05) is 0 Å². The largest absolute Gasteiger partial charge is 0.497 e. The van der Waals surface area contributed by atoms with Crippen LogP contribution in [0.4, 0.5) is 4.79 Å². The Morgan fingerprint density at radius 1 is 1.37 bits per heavy atom. The molecule has 3 N–H and O–H groups in total. The molecule has 0 unspecified atom stereocenters. The fourth-order valence-corrected chi connectivity index (χ4v) is 1.98. The number of amides is 3. The van der Waals surface area contributed by atoms with E-state index in [4.69, 9.17) is 9.47 Å². The summed E-state index contributed by atoms with van der Waals surface area (Å²) in [4.78, 5) is 22.9. The van der Waals surface area contributed by atoms with Gasteiger partial charge >= 0.3 is 11.9 Å². The summed E-state index contributed by atoms with van der Waals surface area (Å²) < 4.78 is 10.4. The number of methoxy groups -OCH3 is 1. The molecule has 7 heteroatoms. The van der Waals surface area contributed by atoms with Gasteiger partial charge in [-0.05, 0) is 18.2 Å². The molecule has 1 aromatic rings. The number of aliphatic hydroxyl groups is 1. The van der Waals surface area contributed by atoms with E-state index in [1.165, 1.54) is 13.2 Å². The van der Waals surface area contributed by atoms with Gasteiger partial charge < -0.3 is 14.6 Å². The number of hydrogen-bond acceptors (Lipinski definition) is 5. The van der Waals surface area contributed by atoms with Crippen LogP contribution in [-0.2, 0) is 4.79 Å². The van der Waals surface area contributed by atoms with Gasteiger partial charge in [-0.15, -0.1) is 0 Å². The lowest BCUT2D eigenvalue weighted by Crippen LogP contribution is -2.65. The van der Waals surface area contributed by atoms with E-state index in [0.29, 0.717) is 17.1 Å². The predicted octanol–water partition coefficient (Wildman–Crippen LogP) is -0.0435. The average molecular weight is 262 g/mol. The Bertz CT molecular complexity index is 625. The van der Waals surface area contributed by atoms with Crippen molar-refractivity contribution in [3.63, 3.8) is 0 Å². The van der Waals surface area contributed by atoms with Gasteiger partial charge in [-0.2, -0.15) is 0 Å². The molecule has 3 amide bonds. The monoisotopic (exact) mass is 262 g/mol. The third-order valence-electron chi connectivity index (χ3n) is 2.90. The average Bonchev–Trinajstić information content (AvgIpc) is 2.35. The first kappa shape index (κ1) is 11.5. The van der Waals surface area contributed by atoms with E-state index in [1.54, 1.807) is 18.2 Å². The standard InChI is InChI=1S/C12H10N2O5/c1-18-7-3-2-6-4-8-10(15)13-11(16)14-12(8,17)19-9(6)5-7/h2-5,17H,1H3,(H2,13,14,15,16)/t12-/m1/s1. The first-order valence-electron chi connectivity index (χ1n) is 5.47. The van der Waals surface area contributed by atoms with Gasteiger partial charge in [0, 0.05) is 11.6 Å². The van der Waals surface area contributed by atoms with Crippen molar-refractivity contribution >= 4 is 18.0 Å². The zero-order valence-corrected chi connectivity index (χ0v) is 9.89. The molecular formula is C12H10N2O5. The molecule has 2 aliphatic rings. The topological polar surface area (TPSA) is 96.9 Å². The molecule has 2 aliphatic heterocycles. The summed E-state index contributed by atoms with van der Waals surface area (Å²) >= 11 is 0. The van der Waals surface area contributed by atoms with E-state index in [-0.39, 0.29) is 5.57 Å². The Hall–Kier alpha value is -2.54. The summed E-state index contributed by atoms with van der Waals surface area (Å²) in [5.41, 5.74) is 0.525. The predicted molar refractivity (Wildman–Crippen MR) is 63.2 cm³/mol. The quantitative estimate of drug-likeness (QED) is 0.659. The maximum absolute atomic E-state index is 11.7. The second-order valence-electron chi connectivity index (χ2n) is 4.12. The summed E-state index contributed by atoms with van der Waals surface area (Å²) in [6.45, 7) is 0. The highest BCUT2D eigenvalue weighted by atomic mass is 16.6. The lowest BCUT2D eigenvalue weighted by atomic mass is 10.0. The maximum atomic E-state index is 11.7. The zero-order chi connectivity index (χ0) is 13.6. The van der Waals surface area contributed by atoms with E-state index in [0.717, 1.165) is 0 Å². The lowest BCUT2D eigenvalue weighted by Gasteiger charge is -2.37. The number of fused-ring (bicyclic) bond motifs is 2. The normalized spacial score (nSPS) is 24.2. The Morgan fingerprint density at radius 2 is 2.16 bits per heavy atom. The Labute approximate surface area is 107 Å². The number of hydrogen-bond donors (Lipinski definition) is 3. The minimum Gasteiger partial charge on any atom is -0.497 e. The summed E-state index contributed by atoms with van der Waals surface area (Å²) in [7, 11) is 1.50. The Kier molecular flexibility index (Phi) is 2.26. The summed E-state index contributed by atoms with van der Waals surface area (Å²) in [6.07, 6.45) is 1.45. The van der Waals surface area contributed by atoms with Crippen LogP contribution in [0.1, 0.15) is 5.56 Å². The molecule has 0 saturated carbocycles. The van der Waals surface area contributed by atoms with Crippen LogP contribution in [0.2, 0.25) is 0 Å². The van der Waals surface area contributed by atoms with Crippen molar-refractivity contribution in [2.24, 2.45) is 0 Å². The van der Waals surface area contributed by atoms with Crippen LogP contribution in [0.15, 0.2) is 23.8 Å². The Morgan fingerprint density at radius 3 is 2.89 bits per heavy atom. The van der Waals surface area contributed by atoms with Gasteiger partial charge in [0.05, 0.1) is 7.11 Å². The molecular weight excluding hydrogens is 252 g/mol. The van der Waals surface area contributed by atoms with Crippen molar-refractivity contribution in [1.29, 1.82) is 0 Å². The number of rotatable bonds is 1. The fraction of sp³-hybridized carbons (Fsp3) is 0.167. The second-order valence-corrected chi connectivity index (χ2v) is 4.12. The third kappa shape index (κ3) is 1.71. The summed E-state index contributed by atoms with van der Waals surface area (Å²) in [5.74, 6) is -2.02. The van der Waals surface area contributed by atoms with E-state index >= 15 is 0 Å². The number of urea groups is 1. The molecule has 1 aromatic carbocycles. The minimum atomic E-state index is -2.15. The molecule has 0 aromatic heterocycles. The maximum Gasteiger partial charge on any atom is 0.327 e. The minimum absolute atomic E-state index is 0.0789. The van der Waals surface area contributed by atoms with Crippen LogP contribution in [-0.4, -0.2) is 30.1 Å². The van der Waals surface area contributed by atoms with Gasteiger partial charge in [0.25, 0.3) is 5.91 Å². The van der Waals surface area contributed by atoms with Gasteiger partial charge in [0.2, 0.25) is 0 Å². The molecule has 1 atom stereocenters. The molecule has 1 saturated heterocycles. The van der Waals surface area contributed by atoms with Gasteiger partial charge in [-0.3, -0.25) is 15.4 Å². The molecule has 0 bridgehead atoms. The van der Waals surface area contributed by atoms with Crippen LogP contribution < -0.4 is 20.1 Å². The highest BCUT2D eigenvalue weighted by molar-refractivity contribution is 6.11. The molecule has 3 rings (SSSR count). The molecule has 0 radical (unpaired) electrons.